The molecule has 0 bridgehead atoms. The van der Waals surface area contributed by atoms with E-state index in [-0.39, 0.29) is 0 Å². The fourth-order valence-electron chi connectivity index (χ4n) is 8.86. The van der Waals surface area contributed by atoms with Crippen molar-refractivity contribution < 1.29 is 9.47 Å². The third-order valence-corrected chi connectivity index (χ3v) is 10.9. The standard InChI is InChI=1S/C49H31NO2/c1-3-15-32(16-4-1)33-29-30-45-40(31-33)49(38-22-8-11-26-43(38)51-44-27-12-9-23-39(44)49)48-36(21-14-28-46(48)52-45)35-20-13-25-42-47(35)37-19-7-10-24-41(37)50(42)34-17-5-2-6-18-34/h1-31H. The van der Waals surface area contributed by atoms with Gasteiger partial charge in [0, 0.05) is 38.7 Å². The summed E-state index contributed by atoms with van der Waals surface area (Å²) in [6, 6.07) is 67.0. The van der Waals surface area contributed by atoms with E-state index < -0.39 is 5.41 Å². The van der Waals surface area contributed by atoms with Crippen molar-refractivity contribution in [3.8, 4) is 50.9 Å². The molecule has 3 nitrogen and oxygen atoms in total. The summed E-state index contributed by atoms with van der Waals surface area (Å²) >= 11 is 0. The first-order chi connectivity index (χ1) is 25.8. The van der Waals surface area contributed by atoms with Gasteiger partial charge in [0.15, 0.2) is 0 Å². The number of ether oxygens (including phenoxy) is 2. The van der Waals surface area contributed by atoms with E-state index in [9.17, 15) is 0 Å². The van der Waals surface area contributed by atoms with Crippen LogP contribution in [0, 0.1) is 0 Å². The molecule has 2 aliphatic rings. The van der Waals surface area contributed by atoms with Gasteiger partial charge in [0.25, 0.3) is 0 Å². The minimum atomic E-state index is -0.754. The van der Waals surface area contributed by atoms with Crippen molar-refractivity contribution >= 4 is 21.8 Å². The predicted molar refractivity (Wildman–Crippen MR) is 210 cm³/mol. The van der Waals surface area contributed by atoms with Crippen LogP contribution < -0.4 is 9.47 Å². The SMILES string of the molecule is c1ccc(-c2ccc3c(c2)C2(c4ccccc4Oc4ccccc42)c2c(cccc2-c2cccc4c2c2ccccc2n4-c2ccccc2)O3)cc1. The zero-order valence-corrected chi connectivity index (χ0v) is 28.2. The summed E-state index contributed by atoms with van der Waals surface area (Å²) in [6.45, 7) is 0. The van der Waals surface area contributed by atoms with Crippen LogP contribution in [0.1, 0.15) is 22.3 Å². The Morgan fingerprint density at radius 3 is 1.75 bits per heavy atom. The Hall–Kier alpha value is -6.84. The number of aromatic nitrogens is 1. The van der Waals surface area contributed by atoms with Gasteiger partial charge in [-0.15, -0.1) is 0 Å². The van der Waals surface area contributed by atoms with E-state index in [1.807, 2.05) is 0 Å². The summed E-state index contributed by atoms with van der Waals surface area (Å²) in [5.74, 6) is 3.38. The van der Waals surface area contributed by atoms with Gasteiger partial charge in [-0.05, 0) is 76.9 Å². The predicted octanol–water partition coefficient (Wildman–Crippen LogP) is 12.7. The van der Waals surface area contributed by atoms with Crippen LogP contribution in [0.25, 0.3) is 49.7 Å². The third kappa shape index (κ3) is 3.96. The molecule has 2 aliphatic heterocycles. The average Bonchev–Trinajstić information content (AvgIpc) is 3.56. The van der Waals surface area contributed by atoms with E-state index in [1.165, 1.54) is 16.3 Å². The topological polar surface area (TPSA) is 23.4 Å². The molecule has 52 heavy (non-hydrogen) atoms. The molecule has 1 aromatic heterocycles. The van der Waals surface area contributed by atoms with Gasteiger partial charge in [-0.2, -0.15) is 0 Å². The van der Waals surface area contributed by atoms with Crippen LogP contribution in [-0.2, 0) is 5.41 Å². The summed E-state index contributed by atoms with van der Waals surface area (Å²) in [7, 11) is 0. The first-order valence-electron chi connectivity index (χ1n) is 17.8. The monoisotopic (exact) mass is 665 g/mol. The molecule has 0 radical (unpaired) electrons. The van der Waals surface area contributed by atoms with Crippen molar-refractivity contribution in [1.29, 1.82) is 0 Å². The molecule has 11 rings (SSSR count). The molecule has 0 aliphatic carbocycles. The third-order valence-electron chi connectivity index (χ3n) is 10.9. The molecule has 0 saturated carbocycles. The highest BCUT2D eigenvalue weighted by atomic mass is 16.5. The Labute approximate surface area is 301 Å². The quantitative estimate of drug-likeness (QED) is 0.187. The van der Waals surface area contributed by atoms with E-state index in [0.717, 1.165) is 78.7 Å². The van der Waals surface area contributed by atoms with Crippen LogP contribution in [0.5, 0.6) is 23.0 Å². The maximum absolute atomic E-state index is 7.02. The lowest BCUT2D eigenvalue weighted by Gasteiger charge is -2.46. The van der Waals surface area contributed by atoms with Gasteiger partial charge in [0.05, 0.1) is 16.4 Å². The van der Waals surface area contributed by atoms with Crippen LogP contribution in [-0.4, -0.2) is 4.57 Å². The highest BCUT2D eigenvalue weighted by molar-refractivity contribution is 6.16. The van der Waals surface area contributed by atoms with E-state index in [1.54, 1.807) is 0 Å². The Bertz CT molecular complexity index is 2810. The highest BCUT2D eigenvalue weighted by Crippen LogP contribution is 2.63. The molecule has 0 saturated heterocycles. The van der Waals surface area contributed by atoms with E-state index in [2.05, 4.69) is 193 Å². The maximum atomic E-state index is 7.02. The minimum absolute atomic E-state index is 0.754. The fourth-order valence-corrected chi connectivity index (χ4v) is 8.86. The minimum Gasteiger partial charge on any atom is -0.457 e. The average molecular weight is 666 g/mol. The second-order valence-corrected chi connectivity index (χ2v) is 13.6. The molecular weight excluding hydrogens is 635 g/mol. The summed E-state index contributed by atoms with van der Waals surface area (Å²) < 4.78 is 16.1. The largest absolute Gasteiger partial charge is 0.457 e. The van der Waals surface area contributed by atoms with E-state index in [0.29, 0.717) is 0 Å². The first kappa shape index (κ1) is 28.9. The summed E-state index contributed by atoms with van der Waals surface area (Å²) in [5.41, 5.74) is 11.7. The van der Waals surface area contributed by atoms with Crippen molar-refractivity contribution in [2.75, 3.05) is 0 Å². The van der Waals surface area contributed by atoms with Crippen LogP contribution in [0.2, 0.25) is 0 Å². The van der Waals surface area contributed by atoms with Crippen LogP contribution >= 0.6 is 0 Å². The number of rotatable bonds is 3. The Morgan fingerprint density at radius 2 is 0.962 bits per heavy atom. The number of fused-ring (bicyclic) bond motifs is 11. The van der Waals surface area contributed by atoms with Crippen molar-refractivity contribution in [2.24, 2.45) is 0 Å². The van der Waals surface area contributed by atoms with Gasteiger partial charge in [-0.25, -0.2) is 0 Å². The number of para-hydroxylation sites is 4. The smallest absolute Gasteiger partial charge is 0.132 e. The van der Waals surface area contributed by atoms with Crippen LogP contribution in [0.15, 0.2) is 188 Å². The van der Waals surface area contributed by atoms with Gasteiger partial charge in [-0.3, -0.25) is 0 Å². The van der Waals surface area contributed by atoms with Crippen molar-refractivity contribution in [1.82, 2.24) is 4.57 Å². The van der Waals surface area contributed by atoms with Crippen molar-refractivity contribution in [2.45, 2.75) is 5.41 Å². The summed E-state index contributed by atoms with van der Waals surface area (Å²) in [6.07, 6.45) is 0. The molecular formula is C49H31NO2. The number of benzene rings is 8. The summed E-state index contributed by atoms with van der Waals surface area (Å²) in [5, 5.41) is 2.42. The molecule has 1 spiro atoms. The summed E-state index contributed by atoms with van der Waals surface area (Å²) in [4.78, 5) is 0. The van der Waals surface area contributed by atoms with Crippen molar-refractivity contribution in [3.05, 3.63) is 210 Å². The maximum Gasteiger partial charge on any atom is 0.132 e. The Balaban J connectivity index is 1.30. The van der Waals surface area contributed by atoms with Crippen molar-refractivity contribution in [3.63, 3.8) is 0 Å². The lowest BCUT2D eigenvalue weighted by Crippen LogP contribution is -2.37. The number of hydrogen-bond donors (Lipinski definition) is 0. The number of hydrogen-bond acceptors (Lipinski definition) is 2. The molecule has 0 fully saturated rings. The Morgan fingerprint density at radius 1 is 0.385 bits per heavy atom. The lowest BCUT2D eigenvalue weighted by molar-refractivity contribution is 0.400. The second-order valence-electron chi connectivity index (χ2n) is 13.6. The molecule has 9 aromatic rings. The molecule has 0 N–H and O–H groups in total. The van der Waals surface area contributed by atoms with Gasteiger partial charge < -0.3 is 14.0 Å². The lowest BCUT2D eigenvalue weighted by atomic mass is 9.60. The molecule has 0 amide bonds. The van der Waals surface area contributed by atoms with Crippen LogP contribution in [0.3, 0.4) is 0 Å². The van der Waals surface area contributed by atoms with Crippen LogP contribution in [0.4, 0.5) is 0 Å². The van der Waals surface area contributed by atoms with E-state index in [4.69, 9.17) is 9.47 Å². The zero-order valence-electron chi connectivity index (χ0n) is 28.2. The molecule has 8 aromatic carbocycles. The zero-order chi connectivity index (χ0) is 34.2. The van der Waals surface area contributed by atoms with Gasteiger partial charge in [0.1, 0.15) is 23.0 Å². The number of nitrogens with zero attached hydrogens (tertiary/aromatic N) is 1. The second kappa shape index (κ2) is 11.1. The molecule has 244 valence electrons. The van der Waals surface area contributed by atoms with Gasteiger partial charge in [0.2, 0.25) is 0 Å². The fraction of sp³-hybridized carbons (Fsp3) is 0.0204. The van der Waals surface area contributed by atoms with Gasteiger partial charge in [-0.1, -0.05) is 133 Å². The normalized spacial score (nSPS) is 13.5. The van der Waals surface area contributed by atoms with E-state index >= 15 is 0 Å². The Kier molecular flexibility index (Phi) is 6.17. The molecule has 3 heterocycles. The molecule has 3 heteroatoms. The molecule has 0 unspecified atom stereocenters. The first-order valence-corrected chi connectivity index (χ1v) is 17.8. The highest BCUT2D eigenvalue weighted by Gasteiger charge is 2.52. The molecule has 0 atom stereocenters. The van der Waals surface area contributed by atoms with Gasteiger partial charge >= 0.3 is 0 Å².